The van der Waals surface area contributed by atoms with E-state index >= 15 is 0 Å². The number of aliphatic hydroxyl groups excluding tert-OH is 1. The molecule has 0 heterocycles. The van der Waals surface area contributed by atoms with Crippen LogP contribution in [0.4, 0.5) is 0 Å². The number of hydrogen-bond acceptors (Lipinski definition) is 1. The van der Waals surface area contributed by atoms with Gasteiger partial charge in [-0.3, -0.25) is 0 Å². The largest absolute Gasteiger partial charge is 0.388 e. The van der Waals surface area contributed by atoms with Crippen molar-refractivity contribution in [2.75, 3.05) is 0 Å². The van der Waals surface area contributed by atoms with Gasteiger partial charge in [-0.05, 0) is 54.1 Å². The smallest absolute Gasteiger partial charge is 0.0823 e. The standard InChI is InChI=1S/C20H28O/c21-20-17-12-6-5-11-16(17)18(14-7-1-2-8-14)13-19(20)15-9-3-4-10-15/h5-6,11-12,14-15,18-21H,1-4,7-10,13H2. The van der Waals surface area contributed by atoms with Crippen molar-refractivity contribution in [3.8, 4) is 0 Å². The highest BCUT2D eigenvalue weighted by molar-refractivity contribution is 5.36. The summed E-state index contributed by atoms with van der Waals surface area (Å²) in [6, 6.07) is 8.78. The van der Waals surface area contributed by atoms with Crippen molar-refractivity contribution in [1.29, 1.82) is 0 Å². The van der Waals surface area contributed by atoms with E-state index in [2.05, 4.69) is 24.3 Å². The van der Waals surface area contributed by atoms with Crippen LogP contribution in [0.15, 0.2) is 24.3 Å². The maximum absolute atomic E-state index is 10.9. The molecule has 3 aliphatic rings. The zero-order chi connectivity index (χ0) is 14.2. The second-order valence-corrected chi connectivity index (χ2v) is 7.67. The molecule has 1 aromatic carbocycles. The van der Waals surface area contributed by atoms with E-state index in [1.54, 1.807) is 0 Å². The fourth-order valence-corrected chi connectivity index (χ4v) is 5.54. The molecule has 1 aromatic rings. The average Bonchev–Trinajstić information content (AvgIpc) is 3.21. The molecule has 3 atom stereocenters. The summed E-state index contributed by atoms with van der Waals surface area (Å²) >= 11 is 0. The molecule has 0 saturated heterocycles. The summed E-state index contributed by atoms with van der Waals surface area (Å²) in [6.07, 6.45) is 12.1. The van der Waals surface area contributed by atoms with E-state index in [9.17, 15) is 5.11 Å². The lowest BCUT2D eigenvalue weighted by atomic mass is 9.66. The maximum Gasteiger partial charge on any atom is 0.0823 e. The quantitative estimate of drug-likeness (QED) is 0.791. The van der Waals surface area contributed by atoms with Gasteiger partial charge < -0.3 is 5.11 Å². The normalized spacial score (nSPS) is 34.2. The second-order valence-electron chi connectivity index (χ2n) is 7.67. The number of hydrogen-bond donors (Lipinski definition) is 1. The van der Waals surface area contributed by atoms with Crippen molar-refractivity contribution in [2.45, 2.75) is 69.8 Å². The summed E-state index contributed by atoms with van der Waals surface area (Å²) in [6.45, 7) is 0. The molecule has 2 saturated carbocycles. The zero-order valence-corrected chi connectivity index (χ0v) is 13.0. The molecule has 3 aliphatic carbocycles. The molecule has 2 fully saturated rings. The van der Waals surface area contributed by atoms with E-state index in [-0.39, 0.29) is 6.10 Å². The van der Waals surface area contributed by atoms with Gasteiger partial charge >= 0.3 is 0 Å². The molecule has 0 spiro atoms. The minimum absolute atomic E-state index is 0.207. The molecule has 0 amide bonds. The fourth-order valence-electron chi connectivity index (χ4n) is 5.54. The first-order valence-electron chi connectivity index (χ1n) is 9.11. The van der Waals surface area contributed by atoms with Crippen LogP contribution < -0.4 is 0 Å². The fraction of sp³-hybridized carbons (Fsp3) is 0.700. The Morgan fingerprint density at radius 1 is 0.762 bits per heavy atom. The lowest BCUT2D eigenvalue weighted by Crippen LogP contribution is -2.31. The summed E-state index contributed by atoms with van der Waals surface area (Å²) in [5.41, 5.74) is 2.74. The molecule has 1 heteroatoms. The van der Waals surface area contributed by atoms with E-state index in [4.69, 9.17) is 0 Å². The predicted molar refractivity (Wildman–Crippen MR) is 86.2 cm³/mol. The van der Waals surface area contributed by atoms with Crippen LogP contribution in [0.5, 0.6) is 0 Å². The van der Waals surface area contributed by atoms with Crippen molar-refractivity contribution in [2.24, 2.45) is 17.8 Å². The molecule has 0 aromatic heterocycles. The van der Waals surface area contributed by atoms with Gasteiger partial charge in [0.15, 0.2) is 0 Å². The molecule has 114 valence electrons. The number of aliphatic hydroxyl groups is 1. The van der Waals surface area contributed by atoms with Crippen molar-refractivity contribution < 1.29 is 5.11 Å². The predicted octanol–water partition coefficient (Wildman–Crippen LogP) is 5.20. The number of fused-ring (bicyclic) bond motifs is 1. The molecule has 0 radical (unpaired) electrons. The Morgan fingerprint density at radius 2 is 1.33 bits per heavy atom. The van der Waals surface area contributed by atoms with E-state index in [0.29, 0.717) is 5.92 Å². The van der Waals surface area contributed by atoms with E-state index < -0.39 is 0 Å². The summed E-state index contributed by atoms with van der Waals surface area (Å²) in [4.78, 5) is 0. The lowest BCUT2D eigenvalue weighted by molar-refractivity contribution is 0.0452. The molecule has 3 unspecified atom stereocenters. The van der Waals surface area contributed by atoms with Gasteiger partial charge in [0.05, 0.1) is 6.10 Å². The minimum Gasteiger partial charge on any atom is -0.388 e. The summed E-state index contributed by atoms with van der Waals surface area (Å²) in [5, 5.41) is 10.9. The number of benzene rings is 1. The molecule has 1 N–H and O–H groups in total. The minimum atomic E-state index is -0.207. The van der Waals surface area contributed by atoms with Gasteiger partial charge in [0.1, 0.15) is 0 Å². The third-order valence-corrected chi connectivity index (χ3v) is 6.62. The van der Waals surface area contributed by atoms with E-state index in [1.807, 2.05) is 0 Å². The molecule has 0 aliphatic heterocycles. The van der Waals surface area contributed by atoms with Crippen LogP contribution in [0, 0.1) is 17.8 Å². The van der Waals surface area contributed by atoms with Gasteiger partial charge in [0, 0.05) is 0 Å². The van der Waals surface area contributed by atoms with E-state index in [1.165, 1.54) is 68.9 Å². The zero-order valence-electron chi connectivity index (χ0n) is 13.0. The van der Waals surface area contributed by atoms with Crippen molar-refractivity contribution in [3.63, 3.8) is 0 Å². The van der Waals surface area contributed by atoms with Gasteiger partial charge in [-0.1, -0.05) is 62.8 Å². The Bertz CT molecular complexity index is 482. The molecule has 21 heavy (non-hydrogen) atoms. The Kier molecular flexibility index (Phi) is 3.79. The van der Waals surface area contributed by atoms with Gasteiger partial charge in [0.25, 0.3) is 0 Å². The van der Waals surface area contributed by atoms with Crippen LogP contribution in [-0.2, 0) is 0 Å². The van der Waals surface area contributed by atoms with Crippen LogP contribution >= 0.6 is 0 Å². The Hall–Kier alpha value is -0.820. The molecular weight excluding hydrogens is 256 g/mol. The highest BCUT2D eigenvalue weighted by Gasteiger charge is 2.41. The third-order valence-electron chi connectivity index (χ3n) is 6.62. The van der Waals surface area contributed by atoms with Crippen molar-refractivity contribution in [3.05, 3.63) is 35.4 Å². The first kappa shape index (κ1) is 13.8. The van der Waals surface area contributed by atoms with Crippen LogP contribution in [0.1, 0.15) is 80.9 Å². The monoisotopic (exact) mass is 284 g/mol. The van der Waals surface area contributed by atoms with E-state index in [0.717, 1.165) is 17.8 Å². The first-order valence-corrected chi connectivity index (χ1v) is 9.11. The van der Waals surface area contributed by atoms with Crippen LogP contribution in [0.25, 0.3) is 0 Å². The first-order chi connectivity index (χ1) is 10.3. The van der Waals surface area contributed by atoms with Gasteiger partial charge in [0.2, 0.25) is 0 Å². The van der Waals surface area contributed by atoms with Gasteiger partial charge in [-0.25, -0.2) is 0 Å². The second kappa shape index (κ2) is 5.76. The summed E-state index contributed by atoms with van der Waals surface area (Å²) in [7, 11) is 0. The molecule has 4 rings (SSSR count). The van der Waals surface area contributed by atoms with Crippen LogP contribution in [0.3, 0.4) is 0 Å². The Morgan fingerprint density at radius 3 is 2.00 bits per heavy atom. The summed E-state index contributed by atoms with van der Waals surface area (Å²) in [5.74, 6) is 2.89. The number of rotatable bonds is 2. The Balaban J connectivity index is 1.68. The maximum atomic E-state index is 10.9. The summed E-state index contributed by atoms with van der Waals surface area (Å²) < 4.78 is 0. The highest BCUT2D eigenvalue weighted by atomic mass is 16.3. The van der Waals surface area contributed by atoms with Crippen LogP contribution in [-0.4, -0.2) is 5.11 Å². The molecular formula is C20H28O. The lowest BCUT2D eigenvalue weighted by Gasteiger charge is -2.41. The average molecular weight is 284 g/mol. The SMILES string of the molecule is OC1c2ccccc2C(C2CCCC2)CC1C1CCCC1. The van der Waals surface area contributed by atoms with Crippen LogP contribution in [0.2, 0.25) is 0 Å². The molecule has 0 bridgehead atoms. The Labute approximate surface area is 128 Å². The third kappa shape index (κ3) is 2.44. The highest BCUT2D eigenvalue weighted by Crippen LogP contribution is 2.52. The van der Waals surface area contributed by atoms with Crippen molar-refractivity contribution >= 4 is 0 Å². The van der Waals surface area contributed by atoms with Gasteiger partial charge in [-0.15, -0.1) is 0 Å². The topological polar surface area (TPSA) is 20.2 Å². The van der Waals surface area contributed by atoms with Gasteiger partial charge in [-0.2, -0.15) is 0 Å². The van der Waals surface area contributed by atoms with Crippen molar-refractivity contribution in [1.82, 2.24) is 0 Å². The molecule has 1 nitrogen and oxygen atoms in total.